The summed E-state index contributed by atoms with van der Waals surface area (Å²) in [5, 5.41) is 0. The summed E-state index contributed by atoms with van der Waals surface area (Å²) >= 11 is 0. The predicted octanol–water partition coefficient (Wildman–Crippen LogP) is 2.94. The zero-order valence-electron chi connectivity index (χ0n) is 6.06. The second-order valence-electron chi connectivity index (χ2n) is 1.86. The minimum absolute atomic E-state index is 0.904. The minimum Gasteiger partial charge on any atom is -0.0842 e. The molecule has 0 nitrogen and oxygen atoms in total. The largest absolute Gasteiger partial charge is 0.0842 e. The summed E-state index contributed by atoms with van der Waals surface area (Å²) in [6.07, 6.45) is 7.80. The summed E-state index contributed by atoms with van der Waals surface area (Å²) in [5.74, 6) is 0. The Kier molecular flexibility index (Phi) is 5.29. The molecular weight excluding hydrogens is 108 g/mol. The van der Waals surface area contributed by atoms with E-state index in [1.54, 1.807) is 6.08 Å². The molecule has 0 fully saturated rings. The predicted molar refractivity (Wildman–Crippen MR) is 42.8 cm³/mol. The molecule has 0 N–H and O–H groups in total. The molecule has 0 saturated heterocycles. The van der Waals surface area contributed by atoms with Gasteiger partial charge in [-0.25, -0.2) is 0 Å². The first-order chi connectivity index (χ1) is 4.35. The highest BCUT2D eigenvalue weighted by Crippen LogP contribution is 2.04. The molecule has 0 heteroatoms. The molecule has 0 bridgehead atoms. The lowest BCUT2D eigenvalue weighted by Gasteiger charge is -1.94. The van der Waals surface area contributed by atoms with Gasteiger partial charge >= 0.3 is 0 Å². The summed E-state index contributed by atoms with van der Waals surface area (Å²) < 4.78 is 0. The maximum atomic E-state index is 3.79. The van der Waals surface area contributed by atoms with Gasteiger partial charge in [0.05, 0.1) is 0 Å². The van der Waals surface area contributed by atoms with E-state index >= 15 is 0 Å². The molecule has 0 aromatic carbocycles. The Labute approximate surface area is 58.3 Å². The van der Waals surface area contributed by atoms with Gasteiger partial charge in [0, 0.05) is 0 Å². The van der Waals surface area contributed by atoms with Gasteiger partial charge in [0.1, 0.15) is 0 Å². The van der Waals surface area contributed by atoms with Crippen LogP contribution in [0.1, 0.15) is 19.8 Å². The summed E-state index contributed by atoms with van der Waals surface area (Å²) in [6, 6.07) is 0. The molecule has 0 unspecified atom stereocenters. The van der Waals surface area contributed by atoms with Crippen molar-refractivity contribution in [3.05, 3.63) is 37.6 Å². The highest BCUT2D eigenvalue weighted by atomic mass is 13.9. The van der Waals surface area contributed by atoms with E-state index in [0.29, 0.717) is 0 Å². The molecule has 0 aliphatic heterocycles. The van der Waals surface area contributed by atoms with Crippen LogP contribution >= 0.6 is 0 Å². The molecule has 0 aromatic heterocycles. The molecule has 0 rings (SSSR count). The molecule has 0 saturated carbocycles. The van der Waals surface area contributed by atoms with Crippen molar-refractivity contribution in [2.24, 2.45) is 0 Å². The Morgan fingerprint density at radius 1 is 1.56 bits per heavy atom. The zero-order valence-corrected chi connectivity index (χ0v) is 6.06. The van der Waals surface area contributed by atoms with Crippen LogP contribution in [-0.4, -0.2) is 0 Å². The average molecular weight is 122 g/mol. The van der Waals surface area contributed by atoms with E-state index in [0.717, 1.165) is 12.8 Å². The molecule has 0 atom stereocenters. The van der Waals surface area contributed by atoms with Crippen molar-refractivity contribution in [1.29, 1.82) is 0 Å². The van der Waals surface area contributed by atoms with Gasteiger partial charge in [-0.15, -0.1) is 0 Å². The van der Waals surface area contributed by atoms with Crippen molar-refractivity contribution < 1.29 is 0 Å². The Balaban J connectivity index is 3.75. The van der Waals surface area contributed by atoms with Crippen molar-refractivity contribution in [3.8, 4) is 0 Å². The Hall–Kier alpha value is -0.520. The summed E-state index contributed by atoms with van der Waals surface area (Å²) in [4.78, 5) is 0. The third-order valence-electron chi connectivity index (χ3n) is 1.24. The molecule has 0 amide bonds. The van der Waals surface area contributed by atoms with Gasteiger partial charge in [-0.05, 0) is 26.7 Å². The summed E-state index contributed by atoms with van der Waals surface area (Å²) in [6.45, 7) is 9.50. The molecule has 50 valence electrons. The first-order valence-corrected chi connectivity index (χ1v) is 3.28. The van der Waals surface area contributed by atoms with Gasteiger partial charge in [-0.1, -0.05) is 30.7 Å². The molecule has 0 aliphatic rings. The van der Waals surface area contributed by atoms with Gasteiger partial charge in [-0.2, -0.15) is 0 Å². The van der Waals surface area contributed by atoms with Crippen molar-refractivity contribution in [3.63, 3.8) is 0 Å². The molecule has 0 heterocycles. The summed E-state index contributed by atoms with van der Waals surface area (Å²) in [7, 11) is 0. The fourth-order valence-electron chi connectivity index (χ4n) is 0.582. The SMILES string of the molecule is [CH2]C=CC=C(C[CH2])CC. The van der Waals surface area contributed by atoms with Crippen LogP contribution in [0.15, 0.2) is 23.8 Å². The standard InChI is InChI=1S/C9H14/c1-4-7-8-9(5-2)6-3/h4,7-8H,1-2,5-6H2,3H3. The van der Waals surface area contributed by atoms with Crippen LogP contribution in [0, 0.1) is 13.8 Å². The van der Waals surface area contributed by atoms with Gasteiger partial charge < -0.3 is 0 Å². The first-order valence-electron chi connectivity index (χ1n) is 3.28. The van der Waals surface area contributed by atoms with E-state index in [2.05, 4.69) is 26.8 Å². The fraction of sp³-hybridized carbons (Fsp3) is 0.333. The second-order valence-corrected chi connectivity index (χ2v) is 1.86. The van der Waals surface area contributed by atoms with Crippen molar-refractivity contribution in [2.45, 2.75) is 19.8 Å². The van der Waals surface area contributed by atoms with Crippen LogP contribution < -0.4 is 0 Å². The lowest BCUT2D eigenvalue weighted by atomic mass is 10.1. The van der Waals surface area contributed by atoms with E-state index in [4.69, 9.17) is 0 Å². The molecule has 0 aliphatic carbocycles. The van der Waals surface area contributed by atoms with Gasteiger partial charge in [0.15, 0.2) is 0 Å². The average Bonchev–Trinajstić information content (AvgIpc) is 1.91. The van der Waals surface area contributed by atoms with E-state index in [-0.39, 0.29) is 0 Å². The lowest BCUT2D eigenvalue weighted by molar-refractivity contribution is 1.03. The smallest absolute Gasteiger partial charge is 0.0313 e. The van der Waals surface area contributed by atoms with E-state index in [1.807, 2.05) is 6.08 Å². The quantitative estimate of drug-likeness (QED) is 0.505. The van der Waals surface area contributed by atoms with Gasteiger partial charge in [-0.3, -0.25) is 0 Å². The highest BCUT2D eigenvalue weighted by molar-refractivity contribution is 5.13. The van der Waals surface area contributed by atoms with Crippen LogP contribution in [0.3, 0.4) is 0 Å². The van der Waals surface area contributed by atoms with Crippen LogP contribution in [0.4, 0.5) is 0 Å². The number of allylic oxidation sites excluding steroid dienone is 4. The maximum absolute atomic E-state index is 3.79. The van der Waals surface area contributed by atoms with Crippen molar-refractivity contribution in [2.75, 3.05) is 0 Å². The normalized spacial score (nSPS) is 13.0. The zero-order chi connectivity index (χ0) is 7.11. The number of hydrogen-bond acceptors (Lipinski definition) is 0. The van der Waals surface area contributed by atoms with Crippen LogP contribution in [0.25, 0.3) is 0 Å². The Morgan fingerprint density at radius 2 is 2.22 bits per heavy atom. The van der Waals surface area contributed by atoms with Crippen LogP contribution in [0.2, 0.25) is 0 Å². The third-order valence-corrected chi connectivity index (χ3v) is 1.24. The van der Waals surface area contributed by atoms with Crippen molar-refractivity contribution >= 4 is 0 Å². The van der Waals surface area contributed by atoms with E-state index in [1.165, 1.54) is 5.57 Å². The summed E-state index contributed by atoms with van der Waals surface area (Å²) in [5.41, 5.74) is 1.37. The third kappa shape index (κ3) is 4.01. The van der Waals surface area contributed by atoms with E-state index < -0.39 is 0 Å². The Bertz CT molecular complexity index is 101. The minimum atomic E-state index is 0.904. The molecule has 0 aromatic rings. The molecule has 0 spiro atoms. The van der Waals surface area contributed by atoms with Crippen LogP contribution in [0.5, 0.6) is 0 Å². The van der Waals surface area contributed by atoms with Crippen LogP contribution in [-0.2, 0) is 0 Å². The number of rotatable bonds is 3. The molecular formula is C9H14. The number of hydrogen-bond donors (Lipinski definition) is 0. The van der Waals surface area contributed by atoms with Crippen molar-refractivity contribution in [1.82, 2.24) is 0 Å². The topological polar surface area (TPSA) is 0 Å². The Morgan fingerprint density at radius 3 is 2.56 bits per heavy atom. The maximum Gasteiger partial charge on any atom is -0.0313 e. The fourth-order valence-corrected chi connectivity index (χ4v) is 0.582. The molecule has 2 radical (unpaired) electrons. The van der Waals surface area contributed by atoms with Gasteiger partial charge in [0.25, 0.3) is 0 Å². The second kappa shape index (κ2) is 5.61. The van der Waals surface area contributed by atoms with E-state index in [9.17, 15) is 0 Å². The van der Waals surface area contributed by atoms with Gasteiger partial charge in [0.2, 0.25) is 0 Å². The highest BCUT2D eigenvalue weighted by Gasteiger charge is 1.83. The lowest BCUT2D eigenvalue weighted by Crippen LogP contribution is -1.74. The monoisotopic (exact) mass is 122 g/mol. The molecule has 9 heavy (non-hydrogen) atoms. The first kappa shape index (κ1) is 8.48.